The van der Waals surface area contributed by atoms with Gasteiger partial charge in [0.2, 0.25) is 0 Å². The van der Waals surface area contributed by atoms with Crippen molar-refractivity contribution in [3.05, 3.63) is 41.5 Å². The van der Waals surface area contributed by atoms with Gasteiger partial charge in [0.15, 0.2) is 0 Å². The fourth-order valence-electron chi connectivity index (χ4n) is 5.11. The van der Waals surface area contributed by atoms with Gasteiger partial charge in [-0.25, -0.2) is 0 Å². The molecule has 1 nitrogen and oxygen atoms in total. The second kappa shape index (κ2) is 2.90. The van der Waals surface area contributed by atoms with Crippen LogP contribution in [0.25, 0.3) is 10.8 Å². The maximum atomic E-state index is 10.3. The van der Waals surface area contributed by atoms with E-state index in [0.29, 0.717) is 11.7 Å². The van der Waals surface area contributed by atoms with Gasteiger partial charge in [-0.2, -0.15) is 0 Å². The zero-order valence-corrected chi connectivity index (χ0v) is 10.3. The molecule has 4 unspecified atom stereocenters. The van der Waals surface area contributed by atoms with Crippen LogP contribution in [0.5, 0.6) is 5.75 Å². The molecule has 2 fully saturated rings. The van der Waals surface area contributed by atoms with Crippen molar-refractivity contribution >= 4 is 10.8 Å². The van der Waals surface area contributed by atoms with Gasteiger partial charge in [0, 0.05) is 5.56 Å². The average molecular weight is 236 g/mol. The van der Waals surface area contributed by atoms with Crippen molar-refractivity contribution in [1.82, 2.24) is 0 Å². The lowest BCUT2D eigenvalue weighted by Crippen LogP contribution is -2.30. The molecule has 2 bridgehead atoms. The molecule has 3 aliphatic rings. The number of phenolic OH excluding ortho intramolecular Hbond substituents is 1. The minimum atomic E-state index is 0.553. The molecule has 0 heterocycles. The fraction of sp³-hybridized carbons (Fsp3) is 0.412. The molecule has 1 heteroatoms. The van der Waals surface area contributed by atoms with E-state index in [1.54, 1.807) is 0 Å². The van der Waals surface area contributed by atoms with Crippen LogP contribution in [0.15, 0.2) is 30.3 Å². The van der Waals surface area contributed by atoms with Crippen molar-refractivity contribution in [2.24, 2.45) is 11.8 Å². The standard InChI is InChI=1S/C17H16O/c18-13-8-9-3-1-2-4-12(9)16-14-10-5-6-11(7-10)15(14)17(13)16/h1-4,8,10-11,14-15,18H,5-7H2. The number of hydrogen-bond donors (Lipinski definition) is 1. The van der Waals surface area contributed by atoms with Crippen LogP contribution in [0.1, 0.15) is 42.2 Å². The largest absolute Gasteiger partial charge is 0.508 e. The Morgan fingerprint density at radius 2 is 1.67 bits per heavy atom. The topological polar surface area (TPSA) is 20.2 Å². The zero-order valence-electron chi connectivity index (χ0n) is 10.3. The summed E-state index contributed by atoms with van der Waals surface area (Å²) in [5, 5.41) is 12.9. The minimum Gasteiger partial charge on any atom is -0.508 e. The van der Waals surface area contributed by atoms with Crippen molar-refractivity contribution in [1.29, 1.82) is 0 Å². The summed E-state index contributed by atoms with van der Waals surface area (Å²) < 4.78 is 0. The minimum absolute atomic E-state index is 0.553. The average Bonchev–Trinajstić information content (AvgIpc) is 2.88. The molecule has 0 amide bonds. The molecular formula is C17H16O. The molecular weight excluding hydrogens is 220 g/mol. The molecule has 3 aliphatic carbocycles. The van der Waals surface area contributed by atoms with E-state index < -0.39 is 0 Å². The highest BCUT2D eigenvalue weighted by Gasteiger charge is 2.56. The van der Waals surface area contributed by atoms with Crippen LogP contribution in [-0.2, 0) is 0 Å². The first-order chi connectivity index (χ1) is 8.84. The van der Waals surface area contributed by atoms with E-state index in [0.717, 1.165) is 17.8 Å². The van der Waals surface area contributed by atoms with Gasteiger partial charge < -0.3 is 5.11 Å². The first-order valence-electron chi connectivity index (χ1n) is 7.09. The van der Waals surface area contributed by atoms with Crippen LogP contribution in [0.4, 0.5) is 0 Å². The quantitative estimate of drug-likeness (QED) is 0.728. The van der Waals surface area contributed by atoms with E-state index in [2.05, 4.69) is 24.3 Å². The molecule has 1 N–H and O–H groups in total. The third-order valence-electron chi connectivity index (χ3n) is 5.69. The van der Waals surface area contributed by atoms with E-state index in [1.165, 1.54) is 41.2 Å². The molecule has 0 spiro atoms. The predicted molar refractivity (Wildman–Crippen MR) is 71.9 cm³/mol. The summed E-state index contributed by atoms with van der Waals surface area (Å²) in [6.45, 7) is 0. The van der Waals surface area contributed by atoms with Gasteiger partial charge >= 0.3 is 0 Å². The summed E-state index contributed by atoms with van der Waals surface area (Å²) in [5.74, 6) is 3.76. The summed E-state index contributed by atoms with van der Waals surface area (Å²) >= 11 is 0. The Bertz CT molecular complexity index is 673. The Morgan fingerprint density at radius 1 is 0.944 bits per heavy atom. The highest BCUT2D eigenvalue weighted by atomic mass is 16.3. The van der Waals surface area contributed by atoms with E-state index in [1.807, 2.05) is 6.07 Å². The Hall–Kier alpha value is -1.50. The van der Waals surface area contributed by atoms with Crippen molar-refractivity contribution in [2.75, 3.05) is 0 Å². The van der Waals surface area contributed by atoms with E-state index in [9.17, 15) is 5.11 Å². The van der Waals surface area contributed by atoms with Gasteiger partial charge in [0.25, 0.3) is 0 Å². The SMILES string of the molecule is Oc1cc2ccccc2c2c1C1C3CCC(C3)C21. The van der Waals surface area contributed by atoms with Gasteiger partial charge in [-0.1, -0.05) is 24.3 Å². The molecule has 18 heavy (non-hydrogen) atoms. The lowest BCUT2D eigenvalue weighted by Gasteiger charge is -2.44. The number of aromatic hydroxyl groups is 1. The monoisotopic (exact) mass is 236 g/mol. The van der Waals surface area contributed by atoms with Crippen LogP contribution in [-0.4, -0.2) is 5.11 Å². The van der Waals surface area contributed by atoms with E-state index >= 15 is 0 Å². The fourth-order valence-corrected chi connectivity index (χ4v) is 5.11. The molecule has 0 aromatic heterocycles. The highest BCUT2D eigenvalue weighted by Crippen LogP contribution is 2.70. The molecule has 90 valence electrons. The highest BCUT2D eigenvalue weighted by molar-refractivity contribution is 5.91. The normalized spacial score (nSPS) is 35.3. The van der Waals surface area contributed by atoms with Crippen LogP contribution in [0.2, 0.25) is 0 Å². The number of fused-ring (bicyclic) bond motifs is 10. The number of phenols is 1. The molecule has 2 saturated carbocycles. The Balaban J connectivity index is 1.85. The molecule has 0 radical (unpaired) electrons. The van der Waals surface area contributed by atoms with Crippen LogP contribution >= 0.6 is 0 Å². The molecule has 0 saturated heterocycles. The summed E-state index contributed by atoms with van der Waals surface area (Å²) in [7, 11) is 0. The third kappa shape index (κ3) is 0.890. The second-order valence-electron chi connectivity index (χ2n) is 6.33. The Morgan fingerprint density at radius 3 is 2.50 bits per heavy atom. The van der Waals surface area contributed by atoms with Gasteiger partial charge in [0.05, 0.1) is 0 Å². The molecule has 4 atom stereocenters. The van der Waals surface area contributed by atoms with Crippen LogP contribution in [0.3, 0.4) is 0 Å². The van der Waals surface area contributed by atoms with Crippen LogP contribution < -0.4 is 0 Å². The molecule has 5 rings (SSSR count). The van der Waals surface area contributed by atoms with E-state index in [-0.39, 0.29) is 0 Å². The first kappa shape index (κ1) is 9.43. The predicted octanol–water partition coefficient (Wildman–Crippen LogP) is 4.16. The number of rotatable bonds is 0. The third-order valence-corrected chi connectivity index (χ3v) is 5.69. The van der Waals surface area contributed by atoms with Gasteiger partial charge in [-0.15, -0.1) is 0 Å². The summed E-state index contributed by atoms with van der Waals surface area (Å²) in [5.41, 5.74) is 2.79. The van der Waals surface area contributed by atoms with Crippen molar-refractivity contribution in [3.63, 3.8) is 0 Å². The lowest BCUT2D eigenvalue weighted by molar-refractivity contribution is 0.312. The summed E-state index contributed by atoms with van der Waals surface area (Å²) in [4.78, 5) is 0. The van der Waals surface area contributed by atoms with Crippen LogP contribution in [0, 0.1) is 11.8 Å². The maximum Gasteiger partial charge on any atom is 0.120 e. The Labute approximate surface area is 106 Å². The molecule has 2 aromatic rings. The van der Waals surface area contributed by atoms with E-state index in [4.69, 9.17) is 0 Å². The van der Waals surface area contributed by atoms with Gasteiger partial charge in [-0.05, 0) is 65.3 Å². The molecule has 0 aliphatic heterocycles. The number of hydrogen-bond acceptors (Lipinski definition) is 1. The van der Waals surface area contributed by atoms with Crippen molar-refractivity contribution in [3.8, 4) is 5.75 Å². The first-order valence-corrected chi connectivity index (χ1v) is 7.09. The van der Waals surface area contributed by atoms with Gasteiger partial charge in [-0.3, -0.25) is 0 Å². The zero-order chi connectivity index (χ0) is 11.9. The molecule has 2 aromatic carbocycles. The second-order valence-corrected chi connectivity index (χ2v) is 6.33. The van der Waals surface area contributed by atoms with Gasteiger partial charge in [0.1, 0.15) is 5.75 Å². The van der Waals surface area contributed by atoms with Crippen molar-refractivity contribution < 1.29 is 5.11 Å². The number of benzene rings is 2. The lowest BCUT2D eigenvalue weighted by atomic mass is 9.60. The maximum absolute atomic E-state index is 10.3. The Kier molecular flexibility index (Phi) is 1.52. The van der Waals surface area contributed by atoms with Crippen molar-refractivity contribution in [2.45, 2.75) is 31.1 Å². The smallest absolute Gasteiger partial charge is 0.120 e. The summed E-state index contributed by atoms with van der Waals surface area (Å²) in [6, 6.07) is 10.5. The summed E-state index contributed by atoms with van der Waals surface area (Å²) in [6.07, 6.45) is 4.20.